The number of carbonyl (C=O) groups is 1. The van der Waals surface area contributed by atoms with Crippen molar-refractivity contribution in [2.75, 3.05) is 30.5 Å². The molecule has 5 rings (SSSR count). The van der Waals surface area contributed by atoms with E-state index in [1.807, 2.05) is 31.2 Å². The fourth-order valence-electron chi connectivity index (χ4n) is 4.42. The summed E-state index contributed by atoms with van der Waals surface area (Å²) in [5.41, 5.74) is 1.33. The van der Waals surface area contributed by atoms with Gasteiger partial charge in [-0.15, -0.1) is 0 Å². The molecule has 1 amide bonds. The van der Waals surface area contributed by atoms with Crippen molar-refractivity contribution in [3.05, 3.63) is 69.5 Å². The minimum Gasteiger partial charge on any atom is -0.494 e. The molecule has 0 aliphatic carbocycles. The average molecular weight is 488 g/mol. The molecule has 0 spiro atoms. The van der Waals surface area contributed by atoms with Gasteiger partial charge < -0.3 is 24.8 Å². The zero-order valence-corrected chi connectivity index (χ0v) is 19.7. The number of benzene rings is 2. The maximum absolute atomic E-state index is 13.2. The van der Waals surface area contributed by atoms with Gasteiger partial charge in [0.05, 0.1) is 31.5 Å². The molecular formula is C26H25N5O5. The van der Waals surface area contributed by atoms with Crippen LogP contribution < -0.4 is 30.4 Å². The standard InChI is InChI=1S/C26H25N5O5/c1-2-34-17-6-3-5-16(12-17)21-18(13-27)24(32)29-23-22(21)25(33)31-26(30-23)28-14-15-7-8-19-20(11-15)36-10-4-9-35-19/h3,5-8,11-12,18,21H,2,4,9-10,14H2,1H3,(H3,28,29,30,31,32,33). The number of carbonyl (C=O) groups excluding carboxylic acids is 1. The zero-order chi connectivity index (χ0) is 25.1. The van der Waals surface area contributed by atoms with Gasteiger partial charge in [-0.2, -0.15) is 10.2 Å². The fraction of sp³-hybridized carbons (Fsp3) is 0.308. The van der Waals surface area contributed by atoms with Crippen LogP contribution in [0.5, 0.6) is 17.2 Å². The van der Waals surface area contributed by atoms with Crippen LogP contribution in [0.1, 0.15) is 36.0 Å². The summed E-state index contributed by atoms with van der Waals surface area (Å²) in [6.45, 7) is 3.88. The number of nitrogens with one attached hydrogen (secondary N) is 3. The van der Waals surface area contributed by atoms with Crippen molar-refractivity contribution in [3.8, 4) is 23.3 Å². The first-order valence-corrected chi connectivity index (χ1v) is 11.8. The molecule has 2 aliphatic heterocycles. The molecule has 0 saturated carbocycles. The molecule has 3 heterocycles. The summed E-state index contributed by atoms with van der Waals surface area (Å²) in [6, 6.07) is 14.7. The normalized spacial score (nSPS) is 18.3. The number of nitriles is 1. The van der Waals surface area contributed by atoms with Gasteiger partial charge in [-0.05, 0) is 42.3 Å². The van der Waals surface area contributed by atoms with E-state index in [4.69, 9.17) is 14.2 Å². The molecule has 184 valence electrons. The lowest BCUT2D eigenvalue weighted by molar-refractivity contribution is -0.119. The number of nitrogens with zero attached hydrogens (tertiary/aromatic N) is 2. The van der Waals surface area contributed by atoms with E-state index in [2.05, 4.69) is 20.6 Å². The molecule has 2 unspecified atom stereocenters. The van der Waals surface area contributed by atoms with Crippen LogP contribution in [-0.4, -0.2) is 35.7 Å². The predicted octanol–water partition coefficient (Wildman–Crippen LogP) is 3.17. The Morgan fingerprint density at radius 1 is 1.17 bits per heavy atom. The van der Waals surface area contributed by atoms with Gasteiger partial charge in [-0.25, -0.2) is 0 Å². The second kappa shape index (κ2) is 10.00. The molecule has 3 aromatic rings. The second-order valence-corrected chi connectivity index (χ2v) is 8.44. The van der Waals surface area contributed by atoms with Crippen LogP contribution in [0.2, 0.25) is 0 Å². The lowest BCUT2D eigenvalue weighted by Crippen LogP contribution is -2.38. The third-order valence-electron chi connectivity index (χ3n) is 6.06. The van der Waals surface area contributed by atoms with Crippen molar-refractivity contribution < 1.29 is 19.0 Å². The van der Waals surface area contributed by atoms with E-state index in [-0.39, 0.29) is 17.3 Å². The Hall–Kier alpha value is -4.52. The van der Waals surface area contributed by atoms with E-state index in [0.29, 0.717) is 49.2 Å². The number of anilines is 2. The molecule has 0 radical (unpaired) electrons. The number of fused-ring (bicyclic) bond motifs is 2. The van der Waals surface area contributed by atoms with Crippen LogP contribution in [0, 0.1) is 17.2 Å². The quantitative estimate of drug-likeness (QED) is 0.482. The first kappa shape index (κ1) is 23.2. The van der Waals surface area contributed by atoms with Gasteiger partial charge in [0.1, 0.15) is 17.5 Å². The lowest BCUT2D eigenvalue weighted by atomic mass is 9.79. The molecule has 10 heteroatoms. The Morgan fingerprint density at radius 2 is 2.00 bits per heavy atom. The Bertz CT molecular complexity index is 1400. The lowest BCUT2D eigenvalue weighted by Gasteiger charge is -2.28. The van der Waals surface area contributed by atoms with Gasteiger partial charge in [-0.1, -0.05) is 18.2 Å². The summed E-state index contributed by atoms with van der Waals surface area (Å²) in [7, 11) is 0. The highest BCUT2D eigenvalue weighted by Gasteiger charge is 2.40. The van der Waals surface area contributed by atoms with E-state index in [1.54, 1.807) is 24.3 Å². The number of hydrogen-bond acceptors (Lipinski definition) is 8. The maximum atomic E-state index is 13.2. The summed E-state index contributed by atoms with van der Waals surface area (Å²) in [6.07, 6.45) is 0.817. The van der Waals surface area contributed by atoms with Gasteiger partial charge in [0.2, 0.25) is 11.9 Å². The Balaban J connectivity index is 1.44. The van der Waals surface area contributed by atoms with Gasteiger partial charge >= 0.3 is 0 Å². The highest BCUT2D eigenvalue weighted by Crippen LogP contribution is 2.39. The Labute approximate surface area is 207 Å². The van der Waals surface area contributed by atoms with E-state index >= 15 is 0 Å². The molecule has 10 nitrogen and oxygen atoms in total. The van der Waals surface area contributed by atoms with E-state index in [1.165, 1.54) is 0 Å². The molecule has 2 aromatic carbocycles. The number of aromatic amines is 1. The van der Waals surface area contributed by atoms with Crippen molar-refractivity contribution in [1.29, 1.82) is 5.26 Å². The topological polar surface area (TPSA) is 138 Å². The van der Waals surface area contributed by atoms with Crippen molar-refractivity contribution in [1.82, 2.24) is 9.97 Å². The number of hydrogen-bond donors (Lipinski definition) is 3. The molecule has 0 bridgehead atoms. The van der Waals surface area contributed by atoms with Crippen molar-refractivity contribution in [3.63, 3.8) is 0 Å². The van der Waals surface area contributed by atoms with Gasteiger partial charge in [0.25, 0.3) is 5.56 Å². The van der Waals surface area contributed by atoms with Crippen LogP contribution >= 0.6 is 0 Å². The minimum absolute atomic E-state index is 0.128. The van der Waals surface area contributed by atoms with Gasteiger partial charge in [-0.3, -0.25) is 14.6 Å². The summed E-state index contributed by atoms with van der Waals surface area (Å²) < 4.78 is 17.0. The number of rotatable bonds is 6. The van der Waals surface area contributed by atoms with Crippen molar-refractivity contribution in [2.45, 2.75) is 25.8 Å². The summed E-state index contributed by atoms with van der Waals surface area (Å²) >= 11 is 0. The number of amides is 1. The van der Waals surface area contributed by atoms with Crippen LogP contribution in [0.4, 0.5) is 11.8 Å². The second-order valence-electron chi connectivity index (χ2n) is 8.44. The summed E-state index contributed by atoms with van der Waals surface area (Å²) in [5.74, 6) is -0.0899. The molecular weight excluding hydrogens is 462 g/mol. The molecule has 1 aromatic heterocycles. The van der Waals surface area contributed by atoms with Crippen LogP contribution in [-0.2, 0) is 11.3 Å². The van der Waals surface area contributed by atoms with Crippen LogP contribution in [0.3, 0.4) is 0 Å². The van der Waals surface area contributed by atoms with Gasteiger partial charge in [0.15, 0.2) is 11.5 Å². The molecule has 2 atom stereocenters. The minimum atomic E-state index is -1.09. The van der Waals surface area contributed by atoms with E-state index in [9.17, 15) is 14.9 Å². The Morgan fingerprint density at radius 3 is 2.81 bits per heavy atom. The van der Waals surface area contributed by atoms with Crippen molar-refractivity contribution in [2.24, 2.45) is 5.92 Å². The number of H-pyrrole nitrogens is 1. The average Bonchev–Trinajstić information content (AvgIpc) is 3.12. The van der Waals surface area contributed by atoms with E-state index < -0.39 is 23.3 Å². The predicted molar refractivity (Wildman–Crippen MR) is 131 cm³/mol. The number of ether oxygens (including phenoxy) is 3. The summed E-state index contributed by atoms with van der Waals surface area (Å²) in [5, 5.41) is 15.5. The van der Waals surface area contributed by atoms with Gasteiger partial charge in [0, 0.05) is 18.9 Å². The van der Waals surface area contributed by atoms with E-state index in [0.717, 1.165) is 12.0 Å². The molecule has 0 fully saturated rings. The monoisotopic (exact) mass is 487 g/mol. The number of aromatic nitrogens is 2. The summed E-state index contributed by atoms with van der Waals surface area (Å²) in [4.78, 5) is 33.2. The molecule has 0 saturated heterocycles. The third kappa shape index (κ3) is 4.55. The van der Waals surface area contributed by atoms with Crippen LogP contribution in [0.15, 0.2) is 47.3 Å². The largest absolute Gasteiger partial charge is 0.494 e. The zero-order valence-electron chi connectivity index (χ0n) is 19.7. The third-order valence-corrected chi connectivity index (χ3v) is 6.06. The highest BCUT2D eigenvalue weighted by molar-refractivity contribution is 5.98. The molecule has 2 aliphatic rings. The van der Waals surface area contributed by atoms with Crippen LogP contribution in [0.25, 0.3) is 0 Å². The molecule has 3 N–H and O–H groups in total. The first-order chi connectivity index (χ1) is 17.6. The smallest absolute Gasteiger partial charge is 0.258 e. The fourth-order valence-corrected chi connectivity index (χ4v) is 4.42. The first-order valence-electron chi connectivity index (χ1n) is 11.8. The SMILES string of the molecule is CCOc1cccc(C2c3c(nc(NCc4ccc5c(c4)OCCCO5)[nH]c3=O)NC(=O)C2C#N)c1. The maximum Gasteiger partial charge on any atom is 0.258 e. The highest BCUT2D eigenvalue weighted by atomic mass is 16.5. The Kier molecular flexibility index (Phi) is 6.45. The molecule has 36 heavy (non-hydrogen) atoms. The van der Waals surface area contributed by atoms with Crippen molar-refractivity contribution >= 4 is 17.7 Å².